The van der Waals surface area contributed by atoms with Crippen LogP contribution in [0.4, 0.5) is 0 Å². The normalized spacial score (nSPS) is 22.2. The molecule has 2 rings (SSSR count). The number of aromatic nitrogens is 2. The third-order valence-electron chi connectivity index (χ3n) is 2.74. The third-order valence-corrected chi connectivity index (χ3v) is 3.72. The van der Waals surface area contributed by atoms with Gasteiger partial charge >= 0.3 is 5.97 Å². The Kier molecular flexibility index (Phi) is 3.73. The molecular formula is C9H12ClN3O2S. The van der Waals surface area contributed by atoms with Crippen LogP contribution in [0.25, 0.3) is 0 Å². The van der Waals surface area contributed by atoms with Crippen LogP contribution in [0.5, 0.6) is 0 Å². The van der Waals surface area contributed by atoms with Crippen LogP contribution in [0.1, 0.15) is 18.5 Å². The van der Waals surface area contributed by atoms with Crippen molar-refractivity contribution in [3.05, 3.63) is 10.0 Å². The van der Waals surface area contributed by atoms with Crippen molar-refractivity contribution in [1.29, 1.82) is 0 Å². The molecule has 16 heavy (non-hydrogen) atoms. The van der Waals surface area contributed by atoms with Gasteiger partial charge in [-0.2, -0.15) is 0 Å². The fourth-order valence-corrected chi connectivity index (χ4v) is 2.52. The summed E-state index contributed by atoms with van der Waals surface area (Å²) in [5, 5.41) is 12.9. The maximum atomic E-state index is 10.9. The van der Waals surface area contributed by atoms with E-state index in [1.165, 1.54) is 0 Å². The van der Waals surface area contributed by atoms with Gasteiger partial charge in [-0.25, -0.2) is 0 Å². The zero-order valence-electron chi connectivity index (χ0n) is 8.60. The highest BCUT2D eigenvalue weighted by molar-refractivity contribution is 7.10. The molecule has 1 aliphatic rings. The maximum absolute atomic E-state index is 10.9. The maximum Gasteiger partial charge on any atom is 0.307 e. The summed E-state index contributed by atoms with van der Waals surface area (Å²) in [5.74, 6) is -0.980. The Morgan fingerprint density at radius 2 is 2.50 bits per heavy atom. The van der Waals surface area contributed by atoms with E-state index in [4.69, 9.17) is 16.7 Å². The molecule has 0 bridgehead atoms. The van der Waals surface area contributed by atoms with Crippen LogP contribution < -0.4 is 0 Å². The average Bonchev–Trinajstić information content (AvgIpc) is 2.65. The Balaban J connectivity index is 1.95. The summed E-state index contributed by atoms with van der Waals surface area (Å²) in [4.78, 5) is 13.0. The molecule has 0 amide bonds. The standard InChI is InChI=1S/C9H12ClN3O2S/c10-8-7(11-12-16-8)5-13-3-1-2-6(4-13)9(14)15/h6H,1-5H2,(H,14,15). The lowest BCUT2D eigenvalue weighted by atomic mass is 9.98. The van der Waals surface area contributed by atoms with Crippen molar-refractivity contribution < 1.29 is 9.90 Å². The van der Waals surface area contributed by atoms with Gasteiger partial charge in [-0.3, -0.25) is 9.69 Å². The highest BCUT2D eigenvalue weighted by atomic mass is 35.5. The van der Waals surface area contributed by atoms with Crippen LogP contribution >= 0.6 is 23.1 Å². The number of piperidine rings is 1. The zero-order chi connectivity index (χ0) is 11.5. The minimum Gasteiger partial charge on any atom is -0.481 e. The molecule has 1 fully saturated rings. The minimum atomic E-state index is -0.716. The molecule has 1 N–H and O–H groups in total. The molecule has 1 saturated heterocycles. The van der Waals surface area contributed by atoms with E-state index < -0.39 is 5.97 Å². The van der Waals surface area contributed by atoms with Gasteiger partial charge in [0.2, 0.25) is 0 Å². The summed E-state index contributed by atoms with van der Waals surface area (Å²) < 4.78 is 4.35. The number of hydrogen-bond acceptors (Lipinski definition) is 5. The zero-order valence-corrected chi connectivity index (χ0v) is 10.2. The predicted molar refractivity (Wildman–Crippen MR) is 60.6 cm³/mol. The van der Waals surface area contributed by atoms with Crippen molar-refractivity contribution in [2.24, 2.45) is 5.92 Å². The molecular weight excluding hydrogens is 250 g/mol. The summed E-state index contributed by atoms with van der Waals surface area (Å²) in [6.07, 6.45) is 1.67. The van der Waals surface area contributed by atoms with Crippen molar-refractivity contribution in [2.45, 2.75) is 19.4 Å². The molecule has 1 aliphatic heterocycles. The van der Waals surface area contributed by atoms with E-state index in [1.807, 2.05) is 0 Å². The number of carboxylic acid groups (broad SMARTS) is 1. The molecule has 0 radical (unpaired) electrons. The van der Waals surface area contributed by atoms with Crippen molar-refractivity contribution in [3.8, 4) is 0 Å². The van der Waals surface area contributed by atoms with Crippen LogP contribution in [-0.2, 0) is 11.3 Å². The molecule has 7 heteroatoms. The van der Waals surface area contributed by atoms with Crippen molar-refractivity contribution in [3.63, 3.8) is 0 Å². The first-order valence-corrected chi connectivity index (χ1v) is 6.24. The second kappa shape index (κ2) is 5.07. The number of halogens is 1. The molecule has 0 aromatic carbocycles. The third kappa shape index (κ3) is 2.69. The lowest BCUT2D eigenvalue weighted by Crippen LogP contribution is -2.38. The number of nitrogens with zero attached hydrogens (tertiary/aromatic N) is 3. The SMILES string of the molecule is O=C(O)C1CCCN(Cc2nnsc2Cl)C1. The molecule has 1 unspecified atom stereocenters. The lowest BCUT2D eigenvalue weighted by molar-refractivity contribution is -0.143. The molecule has 0 saturated carbocycles. The monoisotopic (exact) mass is 261 g/mol. The Morgan fingerprint density at radius 3 is 3.12 bits per heavy atom. The van der Waals surface area contributed by atoms with Gasteiger partial charge in [-0.15, -0.1) is 5.10 Å². The van der Waals surface area contributed by atoms with Crippen LogP contribution in [0.2, 0.25) is 4.34 Å². The van der Waals surface area contributed by atoms with Crippen molar-refractivity contribution in [2.75, 3.05) is 13.1 Å². The number of likely N-dealkylation sites (tertiary alicyclic amines) is 1. The van der Waals surface area contributed by atoms with E-state index in [0.29, 0.717) is 17.4 Å². The van der Waals surface area contributed by atoms with Gasteiger partial charge in [0.1, 0.15) is 10.0 Å². The second-order valence-corrected chi connectivity index (χ2v) is 5.26. The topological polar surface area (TPSA) is 66.3 Å². The fraction of sp³-hybridized carbons (Fsp3) is 0.667. The van der Waals surface area contributed by atoms with Crippen LogP contribution in [0, 0.1) is 5.92 Å². The van der Waals surface area contributed by atoms with E-state index in [0.717, 1.165) is 36.6 Å². The predicted octanol–water partition coefficient (Wildman–Crippen LogP) is 1.49. The van der Waals surface area contributed by atoms with E-state index in [2.05, 4.69) is 14.5 Å². The average molecular weight is 262 g/mol. The number of hydrogen-bond donors (Lipinski definition) is 1. The van der Waals surface area contributed by atoms with Crippen molar-refractivity contribution in [1.82, 2.24) is 14.5 Å². The molecule has 1 aromatic heterocycles. The summed E-state index contributed by atoms with van der Waals surface area (Å²) >= 11 is 7.07. The van der Waals surface area contributed by atoms with Gasteiger partial charge in [0, 0.05) is 24.6 Å². The lowest BCUT2D eigenvalue weighted by Gasteiger charge is -2.29. The highest BCUT2D eigenvalue weighted by Gasteiger charge is 2.26. The summed E-state index contributed by atoms with van der Waals surface area (Å²) in [6.45, 7) is 2.07. The summed E-state index contributed by atoms with van der Waals surface area (Å²) in [6, 6.07) is 0. The van der Waals surface area contributed by atoms with Crippen LogP contribution in [-0.4, -0.2) is 38.7 Å². The fourth-order valence-electron chi connectivity index (χ4n) is 1.90. The van der Waals surface area contributed by atoms with Gasteiger partial charge in [-0.05, 0) is 19.4 Å². The number of carbonyl (C=O) groups is 1. The Bertz CT molecular complexity index is 385. The minimum absolute atomic E-state index is 0.265. The molecule has 0 spiro atoms. The Morgan fingerprint density at radius 1 is 1.69 bits per heavy atom. The smallest absolute Gasteiger partial charge is 0.307 e. The molecule has 5 nitrogen and oxygen atoms in total. The number of rotatable bonds is 3. The van der Waals surface area contributed by atoms with Crippen molar-refractivity contribution >= 4 is 29.1 Å². The van der Waals surface area contributed by atoms with Gasteiger partial charge < -0.3 is 5.11 Å². The second-order valence-electron chi connectivity index (χ2n) is 3.91. The molecule has 1 aromatic rings. The van der Waals surface area contributed by atoms with E-state index in [-0.39, 0.29) is 5.92 Å². The first-order chi connectivity index (χ1) is 7.66. The summed E-state index contributed by atoms with van der Waals surface area (Å²) in [5.41, 5.74) is 0.748. The first kappa shape index (κ1) is 11.8. The van der Waals surface area contributed by atoms with E-state index in [1.54, 1.807) is 0 Å². The quantitative estimate of drug-likeness (QED) is 0.893. The van der Waals surface area contributed by atoms with Gasteiger partial charge in [-0.1, -0.05) is 16.1 Å². The van der Waals surface area contributed by atoms with Gasteiger partial charge in [0.15, 0.2) is 0 Å². The molecule has 1 atom stereocenters. The number of carboxylic acids is 1. The molecule has 2 heterocycles. The molecule has 0 aliphatic carbocycles. The van der Waals surface area contributed by atoms with E-state index in [9.17, 15) is 4.79 Å². The first-order valence-electron chi connectivity index (χ1n) is 5.08. The van der Waals surface area contributed by atoms with Gasteiger partial charge in [0.05, 0.1) is 5.92 Å². The van der Waals surface area contributed by atoms with Crippen LogP contribution in [0.15, 0.2) is 0 Å². The highest BCUT2D eigenvalue weighted by Crippen LogP contribution is 2.22. The number of aliphatic carboxylic acids is 1. The molecule has 88 valence electrons. The Hall–Kier alpha value is -0.720. The van der Waals surface area contributed by atoms with E-state index >= 15 is 0 Å². The largest absolute Gasteiger partial charge is 0.481 e. The van der Waals surface area contributed by atoms with Gasteiger partial charge in [0.25, 0.3) is 0 Å². The summed E-state index contributed by atoms with van der Waals surface area (Å²) in [7, 11) is 0. The van der Waals surface area contributed by atoms with Crippen LogP contribution in [0.3, 0.4) is 0 Å². The Labute approximate surface area is 102 Å².